The number of benzene rings is 2. The maximum absolute atomic E-state index is 13.0. The Bertz CT molecular complexity index is 886. The lowest BCUT2D eigenvalue weighted by Gasteiger charge is -2.33. The predicted octanol–water partition coefficient (Wildman–Crippen LogP) is 6.64. The molecular formula is C22H25ClF3N3S. The van der Waals surface area contributed by atoms with Gasteiger partial charge in [0.15, 0.2) is 5.11 Å². The van der Waals surface area contributed by atoms with Crippen molar-refractivity contribution in [3.05, 3.63) is 58.6 Å². The van der Waals surface area contributed by atoms with Crippen molar-refractivity contribution in [1.82, 2.24) is 5.32 Å². The Balaban J connectivity index is 1.60. The quantitative estimate of drug-likeness (QED) is 0.505. The van der Waals surface area contributed by atoms with Gasteiger partial charge in [0, 0.05) is 24.5 Å². The highest BCUT2D eigenvalue weighted by molar-refractivity contribution is 7.80. The van der Waals surface area contributed by atoms with Crippen LogP contribution in [-0.4, -0.2) is 18.2 Å². The van der Waals surface area contributed by atoms with E-state index in [0.717, 1.165) is 24.7 Å². The number of hydrogen-bond donors (Lipinski definition) is 2. The van der Waals surface area contributed by atoms with Gasteiger partial charge in [0.05, 0.1) is 16.6 Å². The van der Waals surface area contributed by atoms with Gasteiger partial charge in [0.25, 0.3) is 0 Å². The van der Waals surface area contributed by atoms with Gasteiger partial charge in [-0.1, -0.05) is 30.7 Å². The van der Waals surface area contributed by atoms with Gasteiger partial charge >= 0.3 is 6.18 Å². The molecule has 2 atom stereocenters. The third-order valence-corrected chi connectivity index (χ3v) is 5.84. The Labute approximate surface area is 185 Å². The molecule has 2 N–H and O–H groups in total. The zero-order valence-electron chi connectivity index (χ0n) is 16.9. The van der Waals surface area contributed by atoms with Gasteiger partial charge in [-0.15, -0.1) is 0 Å². The van der Waals surface area contributed by atoms with Crippen LogP contribution < -0.4 is 15.5 Å². The molecule has 1 heterocycles. The van der Waals surface area contributed by atoms with Crippen LogP contribution in [0.1, 0.15) is 43.9 Å². The molecule has 0 amide bonds. The number of hydrogen-bond acceptors (Lipinski definition) is 2. The molecule has 0 unspecified atom stereocenters. The van der Waals surface area contributed by atoms with E-state index in [4.69, 9.17) is 23.8 Å². The second-order valence-electron chi connectivity index (χ2n) is 7.80. The first-order chi connectivity index (χ1) is 14.1. The molecule has 1 aliphatic heterocycles. The molecule has 0 bridgehead atoms. The summed E-state index contributed by atoms with van der Waals surface area (Å²) in [6.07, 6.45) is -2.04. The van der Waals surface area contributed by atoms with Crippen LogP contribution in [0, 0.1) is 5.92 Å². The van der Waals surface area contributed by atoms with E-state index in [2.05, 4.69) is 46.7 Å². The van der Waals surface area contributed by atoms with E-state index in [9.17, 15) is 13.2 Å². The second kappa shape index (κ2) is 9.43. The summed E-state index contributed by atoms with van der Waals surface area (Å²) in [4.78, 5) is 2.40. The molecule has 162 valence electrons. The summed E-state index contributed by atoms with van der Waals surface area (Å²) < 4.78 is 39.1. The van der Waals surface area contributed by atoms with E-state index in [1.54, 1.807) is 0 Å². The van der Waals surface area contributed by atoms with Crippen LogP contribution in [0.5, 0.6) is 0 Å². The van der Waals surface area contributed by atoms with Gasteiger partial charge in [-0.2, -0.15) is 13.2 Å². The van der Waals surface area contributed by atoms with Crippen LogP contribution >= 0.6 is 23.8 Å². The summed E-state index contributed by atoms with van der Waals surface area (Å²) >= 11 is 10.9. The van der Waals surface area contributed by atoms with E-state index in [1.807, 2.05) is 6.92 Å². The number of anilines is 2. The Kier molecular flexibility index (Phi) is 7.14. The minimum absolute atomic E-state index is 0.103. The molecule has 0 spiro atoms. The predicted molar refractivity (Wildman–Crippen MR) is 121 cm³/mol. The summed E-state index contributed by atoms with van der Waals surface area (Å²) in [6.45, 7) is 6.38. The van der Waals surface area contributed by atoms with Crippen molar-refractivity contribution >= 4 is 40.3 Å². The molecule has 3 rings (SSSR count). The molecule has 2 aromatic carbocycles. The minimum Gasteiger partial charge on any atom is -0.371 e. The van der Waals surface area contributed by atoms with E-state index >= 15 is 0 Å². The first-order valence-electron chi connectivity index (χ1n) is 9.92. The van der Waals surface area contributed by atoms with E-state index in [0.29, 0.717) is 5.92 Å². The van der Waals surface area contributed by atoms with Crippen molar-refractivity contribution in [2.24, 2.45) is 5.92 Å². The number of alkyl halides is 3. The molecule has 2 aromatic rings. The first kappa shape index (κ1) is 22.7. The standard InChI is InChI=1S/C22H25ClF3N3S/c1-14-4-3-11-29(13-14)18-8-5-16(6-9-18)15(2)27-21(30)28-17-7-10-20(23)19(12-17)22(24,25)26/h5-10,12,14-15H,3-4,11,13H2,1-2H3,(H2,27,28,30)/t14-,15-/m0/s1. The van der Waals surface area contributed by atoms with Gasteiger partial charge in [-0.25, -0.2) is 0 Å². The monoisotopic (exact) mass is 455 g/mol. The number of thiocarbonyl (C=S) groups is 1. The molecule has 3 nitrogen and oxygen atoms in total. The molecule has 1 fully saturated rings. The van der Waals surface area contributed by atoms with Gasteiger partial charge in [-0.3, -0.25) is 0 Å². The molecule has 1 aliphatic rings. The molecule has 8 heteroatoms. The molecule has 0 aromatic heterocycles. The van der Waals surface area contributed by atoms with E-state index in [1.165, 1.54) is 30.7 Å². The average molecular weight is 456 g/mol. The molecular weight excluding hydrogens is 431 g/mol. The van der Waals surface area contributed by atoms with Crippen molar-refractivity contribution in [2.75, 3.05) is 23.3 Å². The zero-order valence-corrected chi connectivity index (χ0v) is 18.5. The molecule has 0 aliphatic carbocycles. The maximum Gasteiger partial charge on any atom is 0.417 e. The fraction of sp³-hybridized carbons (Fsp3) is 0.409. The maximum atomic E-state index is 13.0. The van der Waals surface area contributed by atoms with Crippen LogP contribution in [0.3, 0.4) is 0 Å². The number of nitrogens with one attached hydrogen (secondary N) is 2. The van der Waals surface area contributed by atoms with Crippen LogP contribution in [0.15, 0.2) is 42.5 Å². The molecule has 0 radical (unpaired) electrons. The van der Waals surface area contributed by atoms with Crippen molar-refractivity contribution in [3.8, 4) is 0 Å². The summed E-state index contributed by atoms with van der Waals surface area (Å²) in [6, 6.07) is 11.8. The van der Waals surface area contributed by atoms with Crippen LogP contribution in [0.25, 0.3) is 0 Å². The van der Waals surface area contributed by atoms with Gasteiger partial charge < -0.3 is 15.5 Å². The highest BCUT2D eigenvalue weighted by Crippen LogP contribution is 2.36. The van der Waals surface area contributed by atoms with Crippen LogP contribution in [-0.2, 0) is 6.18 Å². The van der Waals surface area contributed by atoms with Gasteiger partial charge in [-0.05, 0) is 73.8 Å². The van der Waals surface area contributed by atoms with Crippen molar-refractivity contribution in [1.29, 1.82) is 0 Å². The number of piperidine rings is 1. The van der Waals surface area contributed by atoms with E-state index < -0.39 is 11.7 Å². The lowest BCUT2D eigenvalue weighted by atomic mass is 9.99. The number of halogens is 4. The number of nitrogens with zero attached hydrogens (tertiary/aromatic N) is 1. The smallest absolute Gasteiger partial charge is 0.371 e. The van der Waals surface area contributed by atoms with Gasteiger partial charge in [0.2, 0.25) is 0 Å². The zero-order chi connectivity index (χ0) is 21.9. The Morgan fingerprint density at radius 2 is 1.90 bits per heavy atom. The SMILES string of the molecule is C[C@H]1CCCN(c2ccc([C@H](C)NC(=S)Nc3ccc(Cl)c(C(F)(F)F)c3)cc2)C1. The lowest BCUT2D eigenvalue weighted by Crippen LogP contribution is -2.34. The minimum atomic E-state index is -4.52. The second-order valence-corrected chi connectivity index (χ2v) is 8.61. The van der Waals surface area contributed by atoms with Gasteiger partial charge in [0.1, 0.15) is 0 Å². The average Bonchev–Trinajstić information content (AvgIpc) is 2.68. The fourth-order valence-electron chi connectivity index (χ4n) is 3.67. The summed E-state index contributed by atoms with van der Waals surface area (Å²) in [5.41, 5.74) is 1.58. The summed E-state index contributed by atoms with van der Waals surface area (Å²) in [7, 11) is 0. The Morgan fingerprint density at radius 1 is 1.20 bits per heavy atom. The normalized spacial score (nSPS) is 18.1. The fourth-order valence-corrected chi connectivity index (χ4v) is 4.18. The Morgan fingerprint density at radius 3 is 2.53 bits per heavy atom. The van der Waals surface area contributed by atoms with Crippen LogP contribution in [0.2, 0.25) is 5.02 Å². The summed E-state index contributed by atoms with van der Waals surface area (Å²) in [5.74, 6) is 0.702. The van der Waals surface area contributed by atoms with Crippen molar-refractivity contribution in [3.63, 3.8) is 0 Å². The largest absolute Gasteiger partial charge is 0.417 e. The number of rotatable bonds is 4. The Hall–Kier alpha value is -1.99. The third kappa shape index (κ3) is 5.79. The lowest BCUT2D eigenvalue weighted by molar-refractivity contribution is -0.137. The summed E-state index contributed by atoms with van der Waals surface area (Å²) in [5, 5.41) is 5.82. The van der Waals surface area contributed by atoms with Crippen molar-refractivity contribution < 1.29 is 13.2 Å². The first-order valence-corrected chi connectivity index (χ1v) is 10.7. The topological polar surface area (TPSA) is 27.3 Å². The van der Waals surface area contributed by atoms with Crippen LogP contribution in [0.4, 0.5) is 24.5 Å². The highest BCUT2D eigenvalue weighted by Gasteiger charge is 2.33. The molecule has 1 saturated heterocycles. The highest BCUT2D eigenvalue weighted by atomic mass is 35.5. The molecule has 30 heavy (non-hydrogen) atoms. The molecule has 0 saturated carbocycles. The van der Waals surface area contributed by atoms with Crippen molar-refractivity contribution in [2.45, 2.75) is 38.9 Å². The van der Waals surface area contributed by atoms with E-state index in [-0.39, 0.29) is 21.9 Å². The third-order valence-electron chi connectivity index (χ3n) is 5.29.